The molecule has 3 nitrogen and oxygen atoms in total. The summed E-state index contributed by atoms with van der Waals surface area (Å²) >= 11 is 0. The van der Waals surface area contributed by atoms with Crippen LogP contribution in [0.2, 0.25) is 0 Å². The predicted molar refractivity (Wildman–Crippen MR) is 56.7 cm³/mol. The zero-order valence-corrected chi connectivity index (χ0v) is 9.98. The molecule has 1 fully saturated rings. The van der Waals surface area contributed by atoms with Crippen molar-refractivity contribution >= 4 is 5.84 Å². The molecule has 1 heterocycles. The van der Waals surface area contributed by atoms with Gasteiger partial charge in [-0.1, -0.05) is 0 Å². The molecule has 0 amide bonds. The SMILES string of the molecule is N=C(N)C(CN1CCCC(C(F)(F)F)C1)C(F)(F)F. The van der Waals surface area contributed by atoms with Crippen molar-refractivity contribution in [3.63, 3.8) is 0 Å². The first-order valence-electron chi connectivity index (χ1n) is 5.71. The maximum atomic E-state index is 12.6. The predicted octanol–water partition coefficient (Wildman–Crippen LogP) is 2.38. The van der Waals surface area contributed by atoms with Gasteiger partial charge in [0, 0.05) is 13.1 Å². The maximum absolute atomic E-state index is 12.6. The fourth-order valence-corrected chi connectivity index (χ4v) is 2.12. The quantitative estimate of drug-likeness (QED) is 0.476. The van der Waals surface area contributed by atoms with E-state index in [1.807, 2.05) is 0 Å². The summed E-state index contributed by atoms with van der Waals surface area (Å²) in [5.41, 5.74) is 4.87. The number of nitrogens with two attached hydrogens (primary N) is 1. The van der Waals surface area contributed by atoms with Crippen molar-refractivity contribution in [2.75, 3.05) is 19.6 Å². The first-order chi connectivity index (χ1) is 8.51. The summed E-state index contributed by atoms with van der Waals surface area (Å²) < 4.78 is 75.3. The Hall–Kier alpha value is -0.990. The molecular weight excluding hydrogens is 276 g/mol. The zero-order chi connectivity index (χ0) is 14.8. The van der Waals surface area contributed by atoms with Crippen LogP contribution in [0.25, 0.3) is 0 Å². The monoisotopic (exact) mass is 291 g/mol. The second-order valence-corrected chi connectivity index (χ2v) is 4.69. The third kappa shape index (κ3) is 4.55. The van der Waals surface area contributed by atoms with Crippen LogP contribution in [0.1, 0.15) is 12.8 Å². The summed E-state index contributed by atoms with van der Waals surface area (Å²) in [5.74, 6) is -4.89. The molecule has 1 rings (SSSR count). The Labute approximate surface area is 106 Å². The minimum absolute atomic E-state index is 0.0727. The van der Waals surface area contributed by atoms with Crippen molar-refractivity contribution < 1.29 is 26.3 Å². The standard InChI is InChI=1S/C10H15F6N3/c11-9(12,13)6-2-1-3-19(4-6)5-7(8(17)18)10(14,15)16/h6-7H,1-5H2,(H3,17,18). The molecule has 2 unspecified atom stereocenters. The van der Waals surface area contributed by atoms with Gasteiger partial charge in [-0.2, -0.15) is 26.3 Å². The van der Waals surface area contributed by atoms with E-state index in [0.29, 0.717) is 0 Å². The summed E-state index contributed by atoms with van der Waals surface area (Å²) in [6.07, 6.45) is -9.00. The first-order valence-corrected chi connectivity index (χ1v) is 5.71. The summed E-state index contributed by atoms with van der Waals surface area (Å²) in [7, 11) is 0. The number of amidine groups is 1. The third-order valence-electron chi connectivity index (χ3n) is 3.18. The lowest BCUT2D eigenvalue weighted by Gasteiger charge is -2.35. The topological polar surface area (TPSA) is 53.1 Å². The van der Waals surface area contributed by atoms with E-state index >= 15 is 0 Å². The van der Waals surface area contributed by atoms with Crippen LogP contribution in [-0.2, 0) is 0 Å². The van der Waals surface area contributed by atoms with Crippen molar-refractivity contribution in [1.29, 1.82) is 5.41 Å². The fourth-order valence-electron chi connectivity index (χ4n) is 2.12. The Morgan fingerprint density at radius 2 is 1.84 bits per heavy atom. The van der Waals surface area contributed by atoms with Gasteiger partial charge in [-0.15, -0.1) is 0 Å². The molecule has 19 heavy (non-hydrogen) atoms. The molecule has 0 radical (unpaired) electrons. The second-order valence-electron chi connectivity index (χ2n) is 4.69. The molecular formula is C10H15F6N3. The van der Waals surface area contributed by atoms with Gasteiger partial charge in [0.2, 0.25) is 0 Å². The number of alkyl halides is 6. The van der Waals surface area contributed by atoms with Crippen LogP contribution in [-0.4, -0.2) is 42.7 Å². The molecule has 2 atom stereocenters. The molecule has 0 spiro atoms. The van der Waals surface area contributed by atoms with Crippen molar-refractivity contribution in [3.05, 3.63) is 0 Å². The number of hydrogen-bond donors (Lipinski definition) is 2. The van der Waals surface area contributed by atoms with Crippen LogP contribution < -0.4 is 5.73 Å². The maximum Gasteiger partial charge on any atom is 0.399 e. The van der Waals surface area contributed by atoms with E-state index in [1.165, 1.54) is 0 Å². The molecule has 0 saturated carbocycles. The van der Waals surface area contributed by atoms with Crippen LogP contribution in [0.15, 0.2) is 0 Å². The first kappa shape index (κ1) is 16.1. The number of rotatable bonds is 3. The number of nitrogens with zero attached hydrogens (tertiary/aromatic N) is 1. The van der Waals surface area contributed by atoms with Gasteiger partial charge in [-0.3, -0.25) is 5.41 Å². The van der Waals surface area contributed by atoms with Crippen LogP contribution in [0.3, 0.4) is 0 Å². The van der Waals surface area contributed by atoms with Gasteiger partial charge in [0.1, 0.15) is 11.8 Å². The van der Waals surface area contributed by atoms with E-state index in [9.17, 15) is 26.3 Å². The van der Waals surface area contributed by atoms with E-state index < -0.39 is 43.1 Å². The molecule has 0 aliphatic carbocycles. The van der Waals surface area contributed by atoms with E-state index in [4.69, 9.17) is 11.1 Å². The van der Waals surface area contributed by atoms with Crippen LogP contribution >= 0.6 is 0 Å². The zero-order valence-electron chi connectivity index (χ0n) is 9.98. The number of nitrogens with one attached hydrogen (secondary N) is 1. The largest absolute Gasteiger partial charge is 0.399 e. The minimum atomic E-state index is -4.71. The normalized spacial score (nSPS) is 24.2. The molecule has 1 saturated heterocycles. The lowest BCUT2D eigenvalue weighted by atomic mass is 9.96. The Morgan fingerprint density at radius 1 is 1.26 bits per heavy atom. The summed E-state index contributed by atoms with van der Waals surface area (Å²) in [4.78, 5) is 1.08. The summed E-state index contributed by atoms with van der Waals surface area (Å²) in [5, 5.41) is 6.91. The van der Waals surface area contributed by atoms with E-state index in [-0.39, 0.29) is 19.4 Å². The molecule has 1 aliphatic heterocycles. The van der Waals surface area contributed by atoms with Gasteiger partial charge in [0.25, 0.3) is 0 Å². The van der Waals surface area contributed by atoms with Gasteiger partial charge in [0.05, 0.1) is 5.92 Å². The van der Waals surface area contributed by atoms with Gasteiger partial charge in [-0.25, -0.2) is 0 Å². The molecule has 0 bridgehead atoms. The van der Waals surface area contributed by atoms with Crippen molar-refractivity contribution in [2.45, 2.75) is 25.2 Å². The molecule has 9 heteroatoms. The Bertz CT molecular complexity index is 324. The second kappa shape index (κ2) is 5.56. The number of likely N-dealkylation sites (tertiary alicyclic amines) is 1. The average Bonchev–Trinajstić information content (AvgIpc) is 2.23. The Balaban J connectivity index is 2.68. The highest BCUT2D eigenvalue weighted by Gasteiger charge is 2.46. The lowest BCUT2D eigenvalue weighted by molar-refractivity contribution is -0.191. The van der Waals surface area contributed by atoms with E-state index in [1.54, 1.807) is 0 Å². The summed E-state index contributed by atoms with van der Waals surface area (Å²) in [6.45, 7) is -0.999. The Morgan fingerprint density at radius 3 is 2.26 bits per heavy atom. The average molecular weight is 291 g/mol. The van der Waals surface area contributed by atoms with Crippen molar-refractivity contribution in [1.82, 2.24) is 4.90 Å². The van der Waals surface area contributed by atoms with Gasteiger partial charge >= 0.3 is 12.4 Å². The third-order valence-corrected chi connectivity index (χ3v) is 3.18. The number of halogens is 6. The Kier molecular flexibility index (Phi) is 4.70. The minimum Gasteiger partial charge on any atom is -0.387 e. The van der Waals surface area contributed by atoms with Crippen molar-refractivity contribution in [3.8, 4) is 0 Å². The number of hydrogen-bond acceptors (Lipinski definition) is 2. The lowest BCUT2D eigenvalue weighted by Crippen LogP contribution is -2.48. The molecule has 0 aromatic heterocycles. The molecule has 112 valence electrons. The smallest absolute Gasteiger partial charge is 0.387 e. The van der Waals surface area contributed by atoms with Crippen LogP contribution in [0.5, 0.6) is 0 Å². The highest BCUT2D eigenvalue weighted by molar-refractivity contribution is 5.80. The van der Waals surface area contributed by atoms with Gasteiger partial charge in [-0.05, 0) is 19.4 Å². The fraction of sp³-hybridized carbons (Fsp3) is 0.900. The van der Waals surface area contributed by atoms with E-state index in [0.717, 1.165) is 4.90 Å². The summed E-state index contributed by atoms with van der Waals surface area (Å²) in [6, 6.07) is 0. The molecule has 0 aromatic carbocycles. The number of piperidine rings is 1. The van der Waals surface area contributed by atoms with E-state index in [2.05, 4.69) is 0 Å². The van der Waals surface area contributed by atoms with Crippen LogP contribution in [0.4, 0.5) is 26.3 Å². The molecule has 0 aromatic rings. The van der Waals surface area contributed by atoms with Crippen LogP contribution in [0, 0.1) is 17.2 Å². The van der Waals surface area contributed by atoms with Gasteiger partial charge in [0.15, 0.2) is 0 Å². The van der Waals surface area contributed by atoms with Crippen molar-refractivity contribution in [2.24, 2.45) is 17.6 Å². The molecule has 1 aliphatic rings. The van der Waals surface area contributed by atoms with Gasteiger partial charge < -0.3 is 10.6 Å². The molecule has 3 N–H and O–H groups in total. The highest BCUT2D eigenvalue weighted by Crippen LogP contribution is 2.34. The highest BCUT2D eigenvalue weighted by atomic mass is 19.4.